The van der Waals surface area contributed by atoms with E-state index >= 15 is 0 Å². The Morgan fingerprint density at radius 3 is 1.36 bits per heavy atom. The number of rotatable bonds is 0. The van der Waals surface area contributed by atoms with Gasteiger partial charge in [-0.25, -0.2) is 9.59 Å². The number of alkyl halides is 1. The summed E-state index contributed by atoms with van der Waals surface area (Å²) < 4.78 is 28.6. The zero-order valence-electron chi connectivity index (χ0n) is 40.9. The molecule has 14 heteroatoms. The van der Waals surface area contributed by atoms with Gasteiger partial charge >= 0.3 is 12.2 Å². The second-order valence-electron chi connectivity index (χ2n) is 18.6. The Bertz CT molecular complexity index is 2350. The van der Waals surface area contributed by atoms with Crippen LogP contribution in [-0.4, -0.2) is 66.5 Å². The summed E-state index contributed by atoms with van der Waals surface area (Å²) in [5.74, 6) is 0. The minimum Gasteiger partial charge on any atom is -0.444 e. The van der Waals surface area contributed by atoms with Crippen LogP contribution in [0.3, 0.4) is 0 Å². The molecule has 10 nitrogen and oxygen atoms in total. The van der Waals surface area contributed by atoms with Crippen LogP contribution in [0.15, 0.2) is 81.7 Å². The lowest BCUT2D eigenvalue weighted by Crippen LogP contribution is -2.36. The van der Waals surface area contributed by atoms with Gasteiger partial charge in [-0.3, -0.25) is 4.39 Å². The van der Waals surface area contributed by atoms with E-state index < -0.39 is 18.4 Å². The SMILES string of the molecule is Brc1ccc2c(c1)CNCCC2.CC(C)(C)OC(=O)N1CCCc2ccc(Br)cc2C1.CC(C)(C)OC(=O)N1CCCc2ccc(C#N)cc2C1.Cl.N#Cc1ccc2c(c1)CNCCC2.[2H]CF. The lowest BCUT2D eigenvalue weighted by atomic mass is 10.0. The highest BCUT2D eigenvalue weighted by molar-refractivity contribution is 9.10. The molecule has 4 aromatic rings. The molecular formula is C53H68Br2ClFN6O4. The molecule has 2 amide bonds. The molecule has 4 aliphatic rings. The predicted molar refractivity (Wildman–Crippen MR) is 275 cm³/mol. The molecule has 4 heterocycles. The quantitative estimate of drug-likeness (QED) is 0.178. The maximum atomic E-state index is 12.2. The predicted octanol–water partition coefficient (Wildman–Crippen LogP) is 12.5. The Kier molecular flexibility index (Phi) is 23.1. The van der Waals surface area contributed by atoms with Gasteiger partial charge in [0.1, 0.15) is 11.2 Å². The number of carbonyl (C=O) groups is 2. The lowest BCUT2D eigenvalue weighted by Gasteiger charge is -2.26. The minimum atomic E-state index is -1.00. The Balaban J connectivity index is 0.000000239. The van der Waals surface area contributed by atoms with Gasteiger partial charge in [-0.2, -0.15) is 10.5 Å². The van der Waals surface area contributed by atoms with Crippen LogP contribution in [0.2, 0.25) is 0 Å². The van der Waals surface area contributed by atoms with Gasteiger partial charge < -0.3 is 29.9 Å². The van der Waals surface area contributed by atoms with E-state index in [0.717, 1.165) is 80.4 Å². The number of amides is 2. The van der Waals surface area contributed by atoms with Crippen molar-refractivity contribution in [3.63, 3.8) is 0 Å². The molecule has 0 saturated heterocycles. The lowest BCUT2D eigenvalue weighted by molar-refractivity contribution is 0.0226. The van der Waals surface area contributed by atoms with Gasteiger partial charge in [0.05, 0.1) is 31.8 Å². The topological polar surface area (TPSA) is 131 Å². The number of hydrogen-bond donors (Lipinski definition) is 2. The summed E-state index contributed by atoms with van der Waals surface area (Å²) in [6, 6.07) is 28.9. The Morgan fingerprint density at radius 1 is 0.597 bits per heavy atom. The van der Waals surface area contributed by atoms with Crippen molar-refractivity contribution in [1.82, 2.24) is 20.4 Å². The number of hydrogen-bond acceptors (Lipinski definition) is 8. The fourth-order valence-corrected chi connectivity index (χ4v) is 8.70. The van der Waals surface area contributed by atoms with Crippen molar-refractivity contribution in [2.24, 2.45) is 0 Å². The Labute approximate surface area is 423 Å². The maximum absolute atomic E-state index is 12.2. The van der Waals surface area contributed by atoms with Gasteiger partial charge in [-0.15, -0.1) is 12.4 Å². The first kappa shape index (κ1) is 55.1. The molecule has 0 unspecified atom stereocenters. The molecule has 4 aromatic carbocycles. The zero-order valence-corrected chi connectivity index (χ0v) is 43.9. The molecule has 0 spiro atoms. The Hall–Kier alpha value is -4.50. The van der Waals surface area contributed by atoms with Crippen molar-refractivity contribution >= 4 is 56.5 Å². The van der Waals surface area contributed by atoms with E-state index in [4.69, 9.17) is 21.4 Å². The zero-order chi connectivity index (χ0) is 49.0. The van der Waals surface area contributed by atoms with E-state index in [1.165, 1.54) is 62.7 Å². The molecule has 67 heavy (non-hydrogen) atoms. The molecule has 0 fully saturated rings. The molecule has 2 N–H and O–H groups in total. The first-order chi connectivity index (χ1) is 31.9. The Morgan fingerprint density at radius 2 is 0.940 bits per heavy atom. The number of nitrogens with zero attached hydrogens (tertiary/aromatic N) is 4. The average molecular weight is 1070 g/mol. The fraction of sp³-hybridized carbons (Fsp3) is 0.472. The first-order valence-corrected chi connectivity index (χ1v) is 24.3. The summed E-state index contributed by atoms with van der Waals surface area (Å²) in [6.45, 7) is 18.0. The van der Waals surface area contributed by atoms with Gasteiger partial charge in [0.15, 0.2) is 0 Å². The summed E-state index contributed by atoms with van der Waals surface area (Å²) in [5.41, 5.74) is 10.9. The third kappa shape index (κ3) is 19.6. The summed E-state index contributed by atoms with van der Waals surface area (Å²) in [7, 11) is -1.00. The van der Waals surface area contributed by atoms with Crippen LogP contribution in [0.25, 0.3) is 0 Å². The smallest absolute Gasteiger partial charge is 0.410 e. The van der Waals surface area contributed by atoms with Gasteiger partial charge in [0.2, 0.25) is 0 Å². The second-order valence-corrected chi connectivity index (χ2v) is 20.4. The highest BCUT2D eigenvalue weighted by Crippen LogP contribution is 2.25. The molecule has 362 valence electrons. The molecule has 8 rings (SSSR count). The number of ether oxygens (including phenoxy) is 2. The number of aryl methyl sites for hydroxylation is 4. The van der Waals surface area contributed by atoms with E-state index in [0.29, 0.717) is 25.2 Å². The van der Waals surface area contributed by atoms with E-state index in [-0.39, 0.29) is 24.6 Å². The first-order valence-electron chi connectivity index (χ1n) is 23.4. The molecule has 0 aliphatic carbocycles. The van der Waals surface area contributed by atoms with Crippen molar-refractivity contribution in [2.75, 3.05) is 33.3 Å². The molecule has 0 atom stereocenters. The van der Waals surface area contributed by atoms with Gasteiger partial charge in [0.25, 0.3) is 0 Å². The van der Waals surface area contributed by atoms with E-state index in [2.05, 4.69) is 97.1 Å². The summed E-state index contributed by atoms with van der Waals surface area (Å²) >= 11 is 6.98. The number of fused-ring (bicyclic) bond motifs is 4. The van der Waals surface area contributed by atoms with E-state index in [1.54, 1.807) is 9.80 Å². The van der Waals surface area contributed by atoms with Crippen LogP contribution in [0.4, 0.5) is 14.0 Å². The van der Waals surface area contributed by atoms with Gasteiger partial charge in [0, 0.05) is 48.2 Å². The molecular weight excluding hydrogens is 999 g/mol. The summed E-state index contributed by atoms with van der Waals surface area (Å²) in [6.07, 6.45) is 8.14. The fourth-order valence-electron chi connectivity index (χ4n) is 7.89. The molecule has 4 aliphatic heterocycles. The second kappa shape index (κ2) is 28.1. The van der Waals surface area contributed by atoms with Crippen molar-refractivity contribution in [3.05, 3.63) is 137 Å². The molecule has 0 saturated carbocycles. The standard InChI is InChI=1S/C16H20N2O2.C15H20BrNO2.C11H12N2.C10H12BrN.CH3F.ClH/c1-16(2,3)20-15(19)18-8-4-5-13-7-6-12(10-17)9-14(13)11-18;1-15(2,3)19-14(18)17-8-4-5-11-6-7-13(16)9-12(11)10-17;12-7-9-3-4-10-2-1-5-13-8-11(10)6-9;11-10-4-3-8-2-1-5-12-7-9(8)6-10;1-2;/h6-7,9H,4-5,8,11H2,1-3H3;6-7,9H,4-5,8,10H2,1-3H3;3-4,6,13H,1-2,5,8H2;3-4,6,12H,1-2,5,7H2;1H3;1H/i;;;;1D;. The molecule has 0 bridgehead atoms. The van der Waals surface area contributed by atoms with Gasteiger partial charge in [-0.05, 0) is 199 Å². The number of halogens is 4. The van der Waals surface area contributed by atoms with Gasteiger partial charge in [-0.1, -0.05) is 56.1 Å². The third-order valence-corrected chi connectivity index (χ3v) is 12.0. The third-order valence-electron chi connectivity index (χ3n) is 11.0. The van der Waals surface area contributed by atoms with Crippen LogP contribution in [0.1, 0.15) is 124 Å². The van der Waals surface area contributed by atoms with Crippen molar-refractivity contribution in [2.45, 2.75) is 130 Å². The van der Waals surface area contributed by atoms with Crippen molar-refractivity contribution in [1.29, 1.82) is 10.5 Å². The van der Waals surface area contributed by atoms with Crippen LogP contribution in [-0.2, 0) is 61.3 Å². The average Bonchev–Trinajstić information content (AvgIpc) is 3.83. The normalized spacial score (nSPS) is 15.2. The highest BCUT2D eigenvalue weighted by Gasteiger charge is 2.26. The van der Waals surface area contributed by atoms with E-state index in [1.807, 2.05) is 71.9 Å². The summed E-state index contributed by atoms with van der Waals surface area (Å²) in [4.78, 5) is 27.8. The van der Waals surface area contributed by atoms with Crippen molar-refractivity contribution in [3.8, 4) is 12.1 Å². The van der Waals surface area contributed by atoms with E-state index in [9.17, 15) is 14.0 Å². The largest absolute Gasteiger partial charge is 0.444 e. The number of benzene rings is 4. The van der Waals surface area contributed by atoms with Crippen LogP contribution in [0, 0.1) is 22.7 Å². The molecule has 0 aromatic heterocycles. The molecule has 0 radical (unpaired) electrons. The van der Waals surface area contributed by atoms with Crippen LogP contribution < -0.4 is 10.6 Å². The monoisotopic (exact) mass is 1070 g/mol. The highest BCUT2D eigenvalue weighted by atomic mass is 79.9. The number of nitrogens with one attached hydrogen (secondary N) is 2. The van der Waals surface area contributed by atoms with Crippen molar-refractivity contribution < 1.29 is 24.8 Å². The number of carbonyl (C=O) groups excluding carboxylic acids is 2. The van der Waals surface area contributed by atoms with Crippen LogP contribution >= 0.6 is 44.3 Å². The minimum absolute atomic E-state index is 0. The summed E-state index contributed by atoms with van der Waals surface area (Å²) in [5, 5.41) is 24.5. The van der Waals surface area contributed by atoms with Crippen LogP contribution in [0.5, 0.6) is 0 Å². The number of nitriles is 2. The maximum Gasteiger partial charge on any atom is 0.410 e.